The first-order valence-electron chi connectivity index (χ1n) is 8.82. The molecule has 2 rings (SSSR count). The number of aliphatic hydroxyl groups is 1. The van der Waals surface area contributed by atoms with Crippen LogP contribution in [-0.4, -0.2) is 48.3 Å². The van der Waals surface area contributed by atoms with Crippen LogP contribution in [0.4, 0.5) is 0 Å². The van der Waals surface area contributed by atoms with Crippen molar-refractivity contribution in [1.29, 1.82) is 0 Å². The van der Waals surface area contributed by atoms with E-state index in [4.69, 9.17) is 0 Å². The van der Waals surface area contributed by atoms with Gasteiger partial charge in [-0.05, 0) is 63.6 Å². The van der Waals surface area contributed by atoms with Crippen LogP contribution < -0.4 is 5.32 Å². The van der Waals surface area contributed by atoms with Crippen molar-refractivity contribution in [3.63, 3.8) is 0 Å². The molecule has 118 valence electrons. The van der Waals surface area contributed by atoms with Crippen molar-refractivity contribution >= 4 is 0 Å². The average molecular weight is 282 g/mol. The van der Waals surface area contributed by atoms with Gasteiger partial charge in [0, 0.05) is 12.1 Å². The van der Waals surface area contributed by atoms with Gasteiger partial charge in [-0.25, -0.2) is 0 Å². The molecule has 0 spiro atoms. The Morgan fingerprint density at radius 2 is 2.00 bits per heavy atom. The van der Waals surface area contributed by atoms with E-state index < -0.39 is 0 Å². The van der Waals surface area contributed by atoms with E-state index in [1.807, 2.05) is 0 Å². The van der Waals surface area contributed by atoms with Crippen molar-refractivity contribution in [3.8, 4) is 0 Å². The first-order chi connectivity index (χ1) is 9.74. The molecule has 0 aromatic carbocycles. The Balaban J connectivity index is 1.80. The fourth-order valence-corrected chi connectivity index (χ4v) is 4.17. The van der Waals surface area contributed by atoms with Crippen molar-refractivity contribution in [2.45, 2.75) is 64.3 Å². The van der Waals surface area contributed by atoms with E-state index in [0.29, 0.717) is 12.5 Å². The highest BCUT2D eigenvalue weighted by molar-refractivity contribution is 4.99. The van der Waals surface area contributed by atoms with Crippen LogP contribution in [0.15, 0.2) is 0 Å². The largest absolute Gasteiger partial charge is 0.394 e. The second-order valence-corrected chi connectivity index (χ2v) is 6.91. The van der Waals surface area contributed by atoms with Gasteiger partial charge in [-0.3, -0.25) is 0 Å². The summed E-state index contributed by atoms with van der Waals surface area (Å²) in [5.74, 6) is 1.62. The van der Waals surface area contributed by atoms with Crippen molar-refractivity contribution in [2.24, 2.45) is 11.8 Å². The molecule has 0 radical (unpaired) electrons. The van der Waals surface area contributed by atoms with Gasteiger partial charge < -0.3 is 15.3 Å². The molecule has 2 atom stereocenters. The molecular weight excluding hydrogens is 248 g/mol. The van der Waals surface area contributed by atoms with E-state index in [9.17, 15) is 5.11 Å². The maximum atomic E-state index is 9.86. The molecule has 0 aliphatic heterocycles. The number of likely N-dealkylation sites (N-methyl/N-ethyl adjacent to an activating group) is 1. The van der Waals surface area contributed by atoms with Gasteiger partial charge in [0.2, 0.25) is 0 Å². The van der Waals surface area contributed by atoms with Crippen LogP contribution >= 0.6 is 0 Å². The summed E-state index contributed by atoms with van der Waals surface area (Å²) in [5.41, 5.74) is 0.0185. The first kappa shape index (κ1) is 16.3. The molecule has 2 unspecified atom stereocenters. The third kappa shape index (κ3) is 3.75. The molecule has 0 bridgehead atoms. The van der Waals surface area contributed by atoms with Crippen LogP contribution in [0.5, 0.6) is 0 Å². The second-order valence-electron chi connectivity index (χ2n) is 6.91. The van der Waals surface area contributed by atoms with Crippen molar-refractivity contribution in [2.75, 3.05) is 32.8 Å². The summed E-state index contributed by atoms with van der Waals surface area (Å²) in [6, 6.07) is 0. The van der Waals surface area contributed by atoms with E-state index in [2.05, 4.69) is 24.1 Å². The van der Waals surface area contributed by atoms with Gasteiger partial charge in [0.05, 0.1) is 6.61 Å². The molecular formula is C17H34N2O. The fraction of sp³-hybridized carbons (Fsp3) is 1.00. The monoisotopic (exact) mass is 282 g/mol. The van der Waals surface area contributed by atoms with Crippen LogP contribution in [0.3, 0.4) is 0 Å². The van der Waals surface area contributed by atoms with Crippen LogP contribution in [0.25, 0.3) is 0 Å². The molecule has 0 aromatic rings. The van der Waals surface area contributed by atoms with Crippen molar-refractivity contribution < 1.29 is 5.11 Å². The van der Waals surface area contributed by atoms with Gasteiger partial charge in [0.1, 0.15) is 0 Å². The molecule has 20 heavy (non-hydrogen) atoms. The number of aliphatic hydroxyl groups excluding tert-OH is 1. The predicted octanol–water partition coefficient (Wildman–Crippen LogP) is 2.64. The Labute approximate surface area is 125 Å². The second kappa shape index (κ2) is 7.77. The fourth-order valence-electron chi connectivity index (χ4n) is 4.17. The Morgan fingerprint density at radius 1 is 1.20 bits per heavy atom. The molecule has 2 aliphatic carbocycles. The average Bonchev–Trinajstić information content (AvgIpc) is 2.81. The summed E-state index contributed by atoms with van der Waals surface area (Å²) >= 11 is 0. The third-order valence-corrected chi connectivity index (χ3v) is 5.75. The quantitative estimate of drug-likeness (QED) is 0.682. The molecule has 0 aromatic heterocycles. The summed E-state index contributed by atoms with van der Waals surface area (Å²) in [5, 5.41) is 13.5. The van der Waals surface area contributed by atoms with Crippen LogP contribution in [0.2, 0.25) is 0 Å². The highest BCUT2D eigenvalue weighted by Gasteiger charge is 2.41. The highest BCUT2D eigenvalue weighted by atomic mass is 16.3. The Kier molecular flexibility index (Phi) is 6.31. The number of nitrogens with one attached hydrogen (secondary N) is 1. The summed E-state index contributed by atoms with van der Waals surface area (Å²) in [6.07, 6.45) is 9.28. The van der Waals surface area contributed by atoms with Gasteiger partial charge in [-0.2, -0.15) is 0 Å². The van der Waals surface area contributed by atoms with E-state index in [1.165, 1.54) is 58.2 Å². The molecule has 2 fully saturated rings. The van der Waals surface area contributed by atoms with E-state index >= 15 is 0 Å². The summed E-state index contributed by atoms with van der Waals surface area (Å²) in [7, 11) is 0. The standard InChI is InChI=1S/C17H34N2O/c1-3-18-17(14-20)11-6-9-16(17)10-12-19(4-2)13-15-7-5-8-15/h15-16,18,20H,3-14H2,1-2H3. The topological polar surface area (TPSA) is 35.5 Å². The van der Waals surface area contributed by atoms with Gasteiger partial charge >= 0.3 is 0 Å². The zero-order valence-corrected chi connectivity index (χ0v) is 13.5. The maximum Gasteiger partial charge on any atom is 0.0616 e. The normalized spacial score (nSPS) is 30.9. The van der Waals surface area contributed by atoms with Gasteiger partial charge in [0.15, 0.2) is 0 Å². The van der Waals surface area contributed by atoms with Crippen LogP contribution in [0, 0.1) is 11.8 Å². The molecule has 2 saturated carbocycles. The number of hydrogen-bond donors (Lipinski definition) is 2. The van der Waals surface area contributed by atoms with Gasteiger partial charge in [-0.1, -0.05) is 26.7 Å². The Bertz CT molecular complexity index is 280. The first-order valence-corrected chi connectivity index (χ1v) is 8.82. The predicted molar refractivity (Wildman–Crippen MR) is 84.9 cm³/mol. The van der Waals surface area contributed by atoms with Crippen LogP contribution in [-0.2, 0) is 0 Å². The van der Waals surface area contributed by atoms with Crippen molar-refractivity contribution in [1.82, 2.24) is 10.2 Å². The minimum absolute atomic E-state index is 0.0185. The number of nitrogens with zero attached hydrogens (tertiary/aromatic N) is 1. The lowest BCUT2D eigenvalue weighted by Gasteiger charge is -2.37. The van der Waals surface area contributed by atoms with E-state index in [0.717, 1.165) is 18.9 Å². The smallest absolute Gasteiger partial charge is 0.0616 e. The molecule has 3 heteroatoms. The number of hydrogen-bond acceptors (Lipinski definition) is 3. The lowest BCUT2D eigenvalue weighted by molar-refractivity contribution is 0.107. The minimum Gasteiger partial charge on any atom is -0.394 e. The Morgan fingerprint density at radius 3 is 2.55 bits per heavy atom. The minimum atomic E-state index is 0.0185. The molecule has 0 heterocycles. The van der Waals surface area contributed by atoms with Crippen LogP contribution in [0.1, 0.15) is 58.8 Å². The summed E-state index contributed by atoms with van der Waals surface area (Å²) in [4.78, 5) is 2.64. The number of rotatable bonds is 9. The highest BCUT2D eigenvalue weighted by Crippen LogP contribution is 2.38. The molecule has 2 aliphatic rings. The SMILES string of the molecule is CCNC1(CO)CCCC1CCN(CC)CC1CCC1. The molecule has 2 N–H and O–H groups in total. The van der Waals surface area contributed by atoms with E-state index in [1.54, 1.807) is 0 Å². The Hall–Kier alpha value is -0.120. The summed E-state index contributed by atoms with van der Waals surface area (Å²) in [6.45, 7) is 9.41. The summed E-state index contributed by atoms with van der Waals surface area (Å²) < 4.78 is 0. The van der Waals surface area contributed by atoms with Gasteiger partial charge in [-0.15, -0.1) is 0 Å². The molecule has 0 saturated heterocycles. The lowest BCUT2D eigenvalue weighted by Crippen LogP contribution is -2.52. The van der Waals surface area contributed by atoms with Crippen molar-refractivity contribution in [3.05, 3.63) is 0 Å². The molecule has 3 nitrogen and oxygen atoms in total. The lowest BCUT2D eigenvalue weighted by atomic mass is 9.83. The maximum absolute atomic E-state index is 9.86. The third-order valence-electron chi connectivity index (χ3n) is 5.75. The zero-order valence-electron chi connectivity index (χ0n) is 13.5. The zero-order chi connectivity index (χ0) is 14.4. The van der Waals surface area contributed by atoms with E-state index in [-0.39, 0.29) is 5.54 Å². The molecule has 0 amide bonds. The van der Waals surface area contributed by atoms with Gasteiger partial charge in [0.25, 0.3) is 0 Å².